The Morgan fingerprint density at radius 2 is 2.22 bits per heavy atom. The topological polar surface area (TPSA) is 78.3 Å². The van der Waals surface area contributed by atoms with Gasteiger partial charge in [-0.3, -0.25) is 0 Å². The third-order valence-corrected chi connectivity index (χ3v) is 2.18. The van der Waals surface area contributed by atoms with Crippen LogP contribution in [0.4, 0.5) is 0 Å². The molecule has 0 aliphatic carbocycles. The van der Waals surface area contributed by atoms with Crippen molar-refractivity contribution in [1.29, 1.82) is 0 Å². The minimum absolute atomic E-state index is 0. The molecule has 0 bridgehead atoms. The van der Waals surface area contributed by atoms with Gasteiger partial charge in [-0.15, -0.1) is 12.4 Å². The maximum atomic E-state index is 11.5. The predicted molar refractivity (Wildman–Crippen MR) is 71.5 cm³/mol. The summed E-state index contributed by atoms with van der Waals surface area (Å²) >= 11 is 16.3. The van der Waals surface area contributed by atoms with E-state index < -0.39 is 9.76 Å². The van der Waals surface area contributed by atoms with Crippen LogP contribution in [0, 0.1) is 0 Å². The predicted octanol–water partition coefficient (Wildman–Crippen LogP) is 3.03. The van der Waals surface area contributed by atoms with Crippen LogP contribution in [-0.4, -0.2) is 21.4 Å². The summed E-state index contributed by atoms with van der Waals surface area (Å²) in [5.74, 6) is -0.456. The molecule has 0 aliphatic rings. The highest BCUT2D eigenvalue weighted by Crippen LogP contribution is 2.26. The second-order valence-electron chi connectivity index (χ2n) is 3.28. The number of alkyl halides is 3. The van der Waals surface area contributed by atoms with Crippen LogP contribution >= 0.6 is 47.2 Å². The summed E-state index contributed by atoms with van der Waals surface area (Å²) in [6.07, 6.45) is 1.80. The van der Waals surface area contributed by atoms with E-state index in [1.807, 2.05) is 6.92 Å². The zero-order chi connectivity index (χ0) is 13.1. The van der Waals surface area contributed by atoms with Crippen molar-refractivity contribution >= 4 is 53.2 Å². The Balaban J connectivity index is 0.00000289. The van der Waals surface area contributed by atoms with Crippen LogP contribution in [0.3, 0.4) is 0 Å². The van der Waals surface area contributed by atoms with Gasteiger partial charge in [-0.2, -0.15) is 0 Å². The molecule has 1 rings (SSSR count). The maximum Gasteiger partial charge on any atom is 0.360 e. The minimum Gasteiger partial charge on any atom is -0.456 e. The average molecular weight is 338 g/mol. The lowest BCUT2D eigenvalue weighted by atomic mass is 10.2. The molecule has 0 aliphatic heterocycles. The fraction of sp³-hybridized carbons (Fsp3) is 0.556. The van der Waals surface area contributed by atoms with Crippen LogP contribution in [0.15, 0.2) is 10.7 Å². The van der Waals surface area contributed by atoms with Crippen LogP contribution in [-0.2, 0) is 4.74 Å². The molecule has 0 amide bonds. The monoisotopic (exact) mass is 336 g/mol. The Morgan fingerprint density at radius 3 is 2.72 bits per heavy atom. The van der Waals surface area contributed by atoms with E-state index in [-0.39, 0.29) is 36.6 Å². The van der Waals surface area contributed by atoms with Gasteiger partial charge >= 0.3 is 5.97 Å². The van der Waals surface area contributed by atoms with Crippen LogP contribution in [0.25, 0.3) is 0 Å². The van der Waals surface area contributed by atoms with E-state index in [1.54, 1.807) is 0 Å². The molecule has 0 radical (unpaired) electrons. The van der Waals surface area contributed by atoms with E-state index in [0.29, 0.717) is 6.42 Å². The Hall–Kier alpha value is -0.200. The van der Waals surface area contributed by atoms with Crippen molar-refractivity contribution in [2.24, 2.45) is 5.73 Å². The van der Waals surface area contributed by atoms with Crippen molar-refractivity contribution in [1.82, 2.24) is 4.98 Å². The van der Waals surface area contributed by atoms with Crippen LogP contribution in [0.5, 0.6) is 0 Å². The third-order valence-electron chi connectivity index (χ3n) is 1.86. The molecule has 104 valence electrons. The number of aromatic nitrogens is 1. The van der Waals surface area contributed by atoms with Crippen molar-refractivity contribution in [3.05, 3.63) is 17.8 Å². The molecule has 5 nitrogen and oxygen atoms in total. The molecule has 1 aromatic heterocycles. The number of hydrogen-bond acceptors (Lipinski definition) is 5. The first-order chi connectivity index (χ1) is 7.83. The number of carbonyl (C=O) groups is 1. The number of halogens is 4. The summed E-state index contributed by atoms with van der Waals surface area (Å²) < 4.78 is 8.10. The summed E-state index contributed by atoms with van der Waals surface area (Å²) in [4.78, 5) is 15.3. The maximum absolute atomic E-state index is 11.5. The quantitative estimate of drug-likeness (QED) is 0.674. The molecular weight excluding hydrogens is 326 g/mol. The van der Waals surface area contributed by atoms with Gasteiger partial charge in [0.25, 0.3) is 0 Å². The summed E-state index contributed by atoms with van der Waals surface area (Å²) in [6.45, 7) is 1.51. The lowest BCUT2D eigenvalue weighted by molar-refractivity contribution is 0.0505. The van der Waals surface area contributed by atoms with Gasteiger partial charge in [0.15, 0.2) is 5.69 Å². The van der Waals surface area contributed by atoms with Gasteiger partial charge in [-0.1, -0.05) is 41.7 Å². The fourth-order valence-electron chi connectivity index (χ4n) is 0.948. The van der Waals surface area contributed by atoms with E-state index >= 15 is 0 Å². The van der Waals surface area contributed by atoms with E-state index in [1.165, 1.54) is 0 Å². The van der Waals surface area contributed by atoms with Crippen molar-refractivity contribution in [3.63, 3.8) is 0 Å². The molecule has 1 aromatic rings. The van der Waals surface area contributed by atoms with Gasteiger partial charge in [0, 0.05) is 0 Å². The number of rotatable bonds is 4. The molecule has 9 heteroatoms. The second kappa shape index (κ2) is 7.40. The molecule has 1 heterocycles. The van der Waals surface area contributed by atoms with Gasteiger partial charge in [0.1, 0.15) is 12.9 Å². The highest BCUT2D eigenvalue weighted by molar-refractivity contribution is 6.67. The van der Waals surface area contributed by atoms with E-state index in [0.717, 1.165) is 6.26 Å². The van der Waals surface area contributed by atoms with Gasteiger partial charge in [0.2, 0.25) is 9.68 Å². The van der Waals surface area contributed by atoms with E-state index in [4.69, 9.17) is 49.7 Å². The lowest BCUT2D eigenvalue weighted by Crippen LogP contribution is -2.17. The first-order valence-electron chi connectivity index (χ1n) is 4.78. The Morgan fingerprint density at radius 1 is 1.61 bits per heavy atom. The van der Waals surface area contributed by atoms with Crippen LogP contribution in [0.2, 0.25) is 0 Å². The summed E-state index contributed by atoms with van der Waals surface area (Å²) in [7, 11) is 0. The van der Waals surface area contributed by atoms with Crippen molar-refractivity contribution in [2.45, 2.75) is 23.2 Å². The van der Waals surface area contributed by atoms with Gasteiger partial charge in [0.05, 0.1) is 6.04 Å². The first-order valence-corrected chi connectivity index (χ1v) is 5.91. The highest BCUT2D eigenvalue weighted by Gasteiger charge is 2.24. The zero-order valence-electron chi connectivity index (χ0n) is 9.36. The molecule has 0 saturated heterocycles. The number of hydrogen-bond donors (Lipinski definition) is 1. The van der Waals surface area contributed by atoms with Crippen LogP contribution < -0.4 is 5.73 Å². The molecule has 2 N–H and O–H groups in total. The molecular formula is C9H12Cl4N2O3. The molecule has 0 spiro atoms. The molecule has 1 atom stereocenters. The summed E-state index contributed by atoms with van der Waals surface area (Å²) in [5, 5.41) is 0. The Kier molecular flexibility index (Phi) is 7.32. The highest BCUT2D eigenvalue weighted by atomic mass is 35.6. The van der Waals surface area contributed by atoms with Gasteiger partial charge in [-0.05, 0) is 6.42 Å². The lowest BCUT2D eigenvalue weighted by Gasteiger charge is -2.09. The van der Waals surface area contributed by atoms with E-state index in [9.17, 15) is 4.79 Å². The fourth-order valence-corrected chi connectivity index (χ4v) is 1.11. The smallest absolute Gasteiger partial charge is 0.360 e. The zero-order valence-corrected chi connectivity index (χ0v) is 12.4. The van der Waals surface area contributed by atoms with Crippen molar-refractivity contribution < 1.29 is 13.9 Å². The van der Waals surface area contributed by atoms with E-state index in [2.05, 4.69) is 4.98 Å². The average Bonchev–Trinajstić information content (AvgIpc) is 2.73. The second-order valence-corrected chi connectivity index (χ2v) is 5.79. The Labute approximate surface area is 125 Å². The molecule has 18 heavy (non-hydrogen) atoms. The number of esters is 1. The number of nitrogens with zero attached hydrogens (tertiary/aromatic N) is 1. The summed E-state index contributed by atoms with van der Waals surface area (Å²) in [6, 6.07) is -0.357. The van der Waals surface area contributed by atoms with Crippen molar-refractivity contribution in [3.8, 4) is 0 Å². The molecule has 0 unspecified atom stereocenters. The normalized spacial score (nSPS) is 12.7. The number of carbonyl (C=O) groups excluding carboxylic acids is 1. The third kappa shape index (κ3) is 5.63. The SMILES string of the molecule is CC[C@@H](N)c1nc(C(=O)OCC(Cl)(Cl)Cl)co1.Cl. The number of nitrogens with two attached hydrogens (primary N) is 1. The van der Waals surface area contributed by atoms with Crippen molar-refractivity contribution in [2.75, 3.05) is 6.61 Å². The summed E-state index contributed by atoms with van der Waals surface area (Å²) in [5.41, 5.74) is 5.68. The number of ether oxygens (including phenoxy) is 1. The Bertz CT molecular complexity index is 391. The van der Waals surface area contributed by atoms with Crippen LogP contribution in [0.1, 0.15) is 35.8 Å². The molecule has 0 aromatic carbocycles. The van der Waals surface area contributed by atoms with Gasteiger partial charge in [-0.25, -0.2) is 9.78 Å². The molecule has 0 fully saturated rings. The first kappa shape index (κ1) is 17.8. The number of oxazole rings is 1. The standard InChI is InChI=1S/C9H11Cl3N2O3.ClH/c1-2-5(13)7-14-6(3-16-7)8(15)17-4-9(10,11)12;/h3,5H,2,4,13H2,1H3;1H/t5-;/m1./s1. The van der Waals surface area contributed by atoms with Gasteiger partial charge < -0.3 is 14.9 Å². The minimum atomic E-state index is -1.65. The largest absolute Gasteiger partial charge is 0.456 e. The molecule has 0 saturated carbocycles.